The molecule has 0 radical (unpaired) electrons. The fourth-order valence-corrected chi connectivity index (χ4v) is 4.99. The van der Waals surface area contributed by atoms with E-state index >= 15 is 0 Å². The molecule has 1 amide bonds. The molecule has 3 aromatic carbocycles. The third-order valence-corrected chi connectivity index (χ3v) is 7.09. The average Bonchev–Trinajstić information content (AvgIpc) is 2.82. The second-order valence-electron chi connectivity index (χ2n) is 7.56. The number of halogens is 1. The molecule has 0 heterocycles. The Morgan fingerprint density at radius 1 is 1.06 bits per heavy atom. The van der Waals surface area contributed by atoms with Gasteiger partial charge in [0.15, 0.2) is 0 Å². The monoisotopic (exact) mass is 470 g/mol. The molecule has 1 N–H and O–H groups in total. The number of hydrogen-bond acceptors (Lipinski definition) is 4. The minimum absolute atomic E-state index is 0.0416. The Morgan fingerprint density at radius 2 is 1.73 bits per heavy atom. The maximum absolute atomic E-state index is 13.5. The number of benzene rings is 3. The first kappa shape index (κ1) is 24.3. The molecule has 3 aromatic rings. The lowest BCUT2D eigenvalue weighted by molar-refractivity contribution is -0.120. The zero-order chi connectivity index (χ0) is 24.0. The van der Waals surface area contributed by atoms with Gasteiger partial charge in [0.2, 0.25) is 5.91 Å². The third-order valence-electron chi connectivity index (χ3n) is 5.30. The van der Waals surface area contributed by atoms with Crippen LogP contribution in [0.15, 0.2) is 77.7 Å². The van der Waals surface area contributed by atoms with E-state index in [9.17, 15) is 17.6 Å². The van der Waals surface area contributed by atoms with Crippen LogP contribution in [0, 0.1) is 12.7 Å². The van der Waals surface area contributed by atoms with E-state index in [1.807, 2.05) is 32.0 Å². The molecule has 174 valence electrons. The lowest BCUT2D eigenvalue weighted by Crippen LogP contribution is -2.42. The number of ether oxygens (including phenoxy) is 1. The normalized spacial score (nSPS) is 12.1. The van der Waals surface area contributed by atoms with Crippen molar-refractivity contribution in [3.8, 4) is 5.75 Å². The highest BCUT2D eigenvalue weighted by Crippen LogP contribution is 2.26. The predicted octanol–water partition coefficient (Wildman–Crippen LogP) is 4.61. The Bertz CT molecular complexity index is 1200. The zero-order valence-corrected chi connectivity index (χ0v) is 19.6. The molecule has 0 saturated carbocycles. The number of hydrogen-bond donors (Lipinski definition) is 1. The Hall–Kier alpha value is -3.39. The highest BCUT2D eigenvalue weighted by atomic mass is 32.2. The predicted molar refractivity (Wildman–Crippen MR) is 126 cm³/mol. The third kappa shape index (κ3) is 5.70. The number of anilines is 1. The fraction of sp³-hybridized carbons (Fsp3) is 0.240. The highest BCUT2D eigenvalue weighted by molar-refractivity contribution is 7.92. The molecule has 1 unspecified atom stereocenters. The number of carbonyl (C=O) groups excluding carboxylic acids is 1. The topological polar surface area (TPSA) is 75.7 Å². The summed E-state index contributed by atoms with van der Waals surface area (Å²) in [6.07, 6.45) is 0.611. The van der Waals surface area contributed by atoms with Crippen LogP contribution < -0.4 is 14.4 Å². The maximum atomic E-state index is 13.5. The van der Waals surface area contributed by atoms with Crippen molar-refractivity contribution in [3.05, 3.63) is 89.7 Å². The minimum atomic E-state index is -4.05. The van der Waals surface area contributed by atoms with Crippen molar-refractivity contribution in [1.82, 2.24) is 5.32 Å². The van der Waals surface area contributed by atoms with Gasteiger partial charge in [-0.3, -0.25) is 9.10 Å². The number of methoxy groups -OCH3 is 1. The SMILES string of the molecule is CCC(NC(=O)CN(c1ccc(F)cc1)S(=O)(=O)c1ccccc1)c1ccc(OC)c(C)c1. The highest BCUT2D eigenvalue weighted by Gasteiger charge is 2.28. The quantitative estimate of drug-likeness (QED) is 0.496. The van der Waals surface area contributed by atoms with Crippen LogP contribution in [0.5, 0.6) is 5.75 Å². The van der Waals surface area contributed by atoms with Gasteiger partial charge < -0.3 is 10.1 Å². The Morgan fingerprint density at radius 3 is 2.30 bits per heavy atom. The van der Waals surface area contributed by atoms with Crippen molar-refractivity contribution < 1.29 is 22.3 Å². The van der Waals surface area contributed by atoms with Crippen LogP contribution in [-0.2, 0) is 14.8 Å². The molecular weight excluding hydrogens is 443 g/mol. The van der Waals surface area contributed by atoms with Gasteiger partial charge in [-0.2, -0.15) is 0 Å². The van der Waals surface area contributed by atoms with Gasteiger partial charge in [-0.25, -0.2) is 12.8 Å². The van der Waals surface area contributed by atoms with E-state index in [2.05, 4.69) is 5.32 Å². The van der Waals surface area contributed by atoms with Crippen LogP contribution in [-0.4, -0.2) is 28.0 Å². The number of aryl methyl sites for hydroxylation is 1. The molecular formula is C25H27FN2O4S. The van der Waals surface area contributed by atoms with Crippen LogP contribution in [0.3, 0.4) is 0 Å². The minimum Gasteiger partial charge on any atom is -0.496 e. The van der Waals surface area contributed by atoms with E-state index in [-0.39, 0.29) is 16.6 Å². The molecule has 0 aromatic heterocycles. The summed E-state index contributed by atoms with van der Waals surface area (Å²) >= 11 is 0. The van der Waals surface area contributed by atoms with Crippen LogP contribution in [0.25, 0.3) is 0 Å². The number of nitrogens with one attached hydrogen (secondary N) is 1. The second kappa shape index (κ2) is 10.5. The number of sulfonamides is 1. The summed E-state index contributed by atoms with van der Waals surface area (Å²) in [4.78, 5) is 13.0. The summed E-state index contributed by atoms with van der Waals surface area (Å²) in [5.74, 6) is -0.225. The summed E-state index contributed by atoms with van der Waals surface area (Å²) in [6, 6.07) is 18.2. The van der Waals surface area contributed by atoms with Crippen molar-refractivity contribution in [2.45, 2.75) is 31.2 Å². The molecule has 0 aliphatic heterocycles. The van der Waals surface area contributed by atoms with Crippen molar-refractivity contribution in [3.63, 3.8) is 0 Å². The number of nitrogens with zero attached hydrogens (tertiary/aromatic N) is 1. The molecule has 0 fully saturated rings. The van der Waals surface area contributed by atoms with E-state index in [1.165, 1.54) is 24.3 Å². The first-order chi connectivity index (χ1) is 15.8. The van der Waals surface area contributed by atoms with E-state index < -0.39 is 28.3 Å². The van der Waals surface area contributed by atoms with Gasteiger partial charge in [-0.15, -0.1) is 0 Å². The summed E-state index contributed by atoms with van der Waals surface area (Å²) in [5, 5.41) is 2.92. The largest absolute Gasteiger partial charge is 0.496 e. The zero-order valence-electron chi connectivity index (χ0n) is 18.8. The fourth-order valence-electron chi connectivity index (χ4n) is 3.55. The molecule has 6 nitrogen and oxygen atoms in total. The standard InChI is InChI=1S/C25H27FN2O4S/c1-4-23(19-10-15-24(32-3)18(2)16-19)27-25(29)17-28(21-13-11-20(26)12-14-21)33(30,31)22-8-6-5-7-9-22/h5-16,23H,4,17H2,1-3H3,(H,27,29). The Labute approximate surface area is 194 Å². The van der Waals surface area contributed by atoms with Gasteiger partial charge in [0.1, 0.15) is 18.1 Å². The molecule has 0 bridgehead atoms. The van der Waals surface area contributed by atoms with Gasteiger partial charge in [0.25, 0.3) is 10.0 Å². The van der Waals surface area contributed by atoms with Crippen molar-refractivity contribution in [2.24, 2.45) is 0 Å². The molecule has 1 atom stereocenters. The van der Waals surface area contributed by atoms with Gasteiger partial charge >= 0.3 is 0 Å². The molecule has 33 heavy (non-hydrogen) atoms. The van der Waals surface area contributed by atoms with E-state index in [0.717, 1.165) is 33.3 Å². The van der Waals surface area contributed by atoms with E-state index in [0.29, 0.717) is 6.42 Å². The molecule has 0 aliphatic rings. The summed E-state index contributed by atoms with van der Waals surface area (Å²) in [5.41, 5.74) is 2.02. The number of rotatable bonds is 9. The average molecular weight is 471 g/mol. The molecule has 3 rings (SSSR count). The molecule has 0 aliphatic carbocycles. The van der Waals surface area contributed by atoms with Crippen LogP contribution in [0.2, 0.25) is 0 Å². The lowest BCUT2D eigenvalue weighted by atomic mass is 10.0. The first-order valence-electron chi connectivity index (χ1n) is 10.5. The van der Waals surface area contributed by atoms with Gasteiger partial charge in [-0.1, -0.05) is 37.3 Å². The maximum Gasteiger partial charge on any atom is 0.264 e. The van der Waals surface area contributed by atoms with Gasteiger partial charge in [-0.05, 0) is 66.9 Å². The van der Waals surface area contributed by atoms with Crippen molar-refractivity contribution >= 4 is 21.6 Å². The lowest BCUT2D eigenvalue weighted by Gasteiger charge is -2.26. The molecule has 8 heteroatoms. The first-order valence-corrected chi connectivity index (χ1v) is 12.0. The molecule has 0 saturated heterocycles. The van der Waals surface area contributed by atoms with Crippen LogP contribution in [0.1, 0.15) is 30.5 Å². The number of carbonyl (C=O) groups is 1. The number of amides is 1. The Balaban J connectivity index is 1.88. The van der Waals surface area contributed by atoms with Crippen molar-refractivity contribution in [1.29, 1.82) is 0 Å². The Kier molecular flexibility index (Phi) is 7.71. The smallest absolute Gasteiger partial charge is 0.264 e. The van der Waals surface area contributed by atoms with Crippen LogP contribution >= 0.6 is 0 Å². The van der Waals surface area contributed by atoms with Gasteiger partial charge in [0, 0.05) is 0 Å². The summed E-state index contributed by atoms with van der Waals surface area (Å²) in [6.45, 7) is 3.40. The molecule has 0 spiro atoms. The van der Waals surface area contributed by atoms with Crippen molar-refractivity contribution in [2.75, 3.05) is 18.0 Å². The van der Waals surface area contributed by atoms with E-state index in [1.54, 1.807) is 25.3 Å². The van der Waals surface area contributed by atoms with Gasteiger partial charge in [0.05, 0.1) is 23.7 Å². The van der Waals surface area contributed by atoms with Crippen LogP contribution in [0.4, 0.5) is 10.1 Å². The summed E-state index contributed by atoms with van der Waals surface area (Å²) in [7, 11) is -2.46. The second-order valence-corrected chi connectivity index (χ2v) is 9.42. The summed E-state index contributed by atoms with van der Waals surface area (Å²) < 4.78 is 46.4. The van der Waals surface area contributed by atoms with E-state index in [4.69, 9.17) is 4.74 Å².